The molecule has 0 aliphatic heterocycles. The number of hydrogen-bond acceptors (Lipinski definition) is 5. The Labute approximate surface area is 100 Å². The summed E-state index contributed by atoms with van der Waals surface area (Å²) in [6, 6.07) is 5.69. The lowest BCUT2D eigenvalue weighted by molar-refractivity contribution is 0.278. The van der Waals surface area contributed by atoms with Gasteiger partial charge in [-0.3, -0.25) is 4.55 Å². The van der Waals surface area contributed by atoms with Gasteiger partial charge in [-0.2, -0.15) is 16.8 Å². The van der Waals surface area contributed by atoms with Gasteiger partial charge >= 0.3 is 0 Å². The van der Waals surface area contributed by atoms with Crippen LogP contribution in [0, 0.1) is 6.92 Å². The van der Waals surface area contributed by atoms with Gasteiger partial charge in [0.05, 0.1) is 4.90 Å². The lowest BCUT2D eigenvalue weighted by atomic mass is 10.2. The summed E-state index contributed by atoms with van der Waals surface area (Å²) in [6.45, 7) is 2.71. The number of rotatable bonds is 4. The zero-order valence-corrected chi connectivity index (χ0v) is 10.8. The van der Waals surface area contributed by atoms with E-state index in [4.69, 9.17) is 4.55 Å². The Balaban J connectivity index is 3.02. The molecule has 0 heterocycles. The summed E-state index contributed by atoms with van der Waals surface area (Å²) in [5, 5.41) is 0. The number of hydrogen-bond donors (Lipinski definition) is 1. The minimum atomic E-state index is -4.55. The summed E-state index contributed by atoms with van der Waals surface area (Å²) in [4.78, 5) is -0.168. The molecular formula is C9H12O6S2. The van der Waals surface area contributed by atoms with Crippen LogP contribution in [0.2, 0.25) is 0 Å². The molecule has 8 heteroatoms. The van der Waals surface area contributed by atoms with Crippen molar-refractivity contribution in [2.24, 2.45) is 0 Å². The van der Waals surface area contributed by atoms with Gasteiger partial charge in [0.15, 0.2) is 0 Å². The molecule has 0 aromatic heterocycles. The van der Waals surface area contributed by atoms with Crippen LogP contribution >= 0.6 is 0 Å². The minimum Gasteiger partial charge on any atom is -0.284 e. The van der Waals surface area contributed by atoms with Gasteiger partial charge in [-0.05, 0) is 26.0 Å². The van der Waals surface area contributed by atoms with Crippen LogP contribution < -0.4 is 0 Å². The van der Waals surface area contributed by atoms with Crippen LogP contribution in [0.15, 0.2) is 29.2 Å². The van der Waals surface area contributed by atoms with Crippen molar-refractivity contribution in [1.82, 2.24) is 0 Å². The van der Waals surface area contributed by atoms with E-state index in [0.717, 1.165) is 12.5 Å². The Morgan fingerprint density at radius 2 is 1.59 bits per heavy atom. The van der Waals surface area contributed by atoms with Crippen molar-refractivity contribution in [2.75, 3.05) is 0 Å². The van der Waals surface area contributed by atoms with Crippen molar-refractivity contribution in [3.63, 3.8) is 0 Å². The number of aryl methyl sites for hydroxylation is 1. The maximum Gasteiger partial charge on any atom is 0.298 e. The second-order valence-corrected chi connectivity index (χ2v) is 6.71. The fourth-order valence-corrected chi connectivity index (χ4v) is 2.63. The molecule has 96 valence electrons. The SMILES string of the molecule is Cc1ccc(S(=O)(=O)OC(C)S(=O)(=O)O)cc1. The van der Waals surface area contributed by atoms with Gasteiger partial charge in [0.25, 0.3) is 20.2 Å². The lowest BCUT2D eigenvalue weighted by Gasteiger charge is -2.10. The quantitative estimate of drug-likeness (QED) is 0.651. The van der Waals surface area contributed by atoms with Crippen LogP contribution in [0.3, 0.4) is 0 Å². The molecule has 1 atom stereocenters. The normalized spacial score (nSPS) is 14.5. The highest BCUT2D eigenvalue weighted by atomic mass is 32.2. The Kier molecular flexibility index (Phi) is 3.92. The van der Waals surface area contributed by atoms with Crippen LogP contribution in [0.4, 0.5) is 0 Å². The molecule has 0 aliphatic rings. The first-order valence-corrected chi connectivity index (χ1v) is 7.50. The fraction of sp³-hybridized carbons (Fsp3) is 0.333. The van der Waals surface area contributed by atoms with E-state index in [1.165, 1.54) is 12.1 Å². The third-order valence-corrected chi connectivity index (χ3v) is 4.44. The van der Waals surface area contributed by atoms with E-state index in [9.17, 15) is 16.8 Å². The standard InChI is InChI=1S/C9H12O6S2/c1-7-3-5-9(6-4-7)17(13,14)15-8(2)16(10,11)12/h3-6,8H,1-2H3,(H,10,11,12). The summed E-state index contributed by atoms with van der Waals surface area (Å²) in [5.74, 6) is 0. The Morgan fingerprint density at radius 3 is 2.00 bits per heavy atom. The predicted molar refractivity (Wildman–Crippen MR) is 60.5 cm³/mol. The van der Waals surface area contributed by atoms with Crippen LogP contribution in [0.25, 0.3) is 0 Å². The van der Waals surface area contributed by atoms with Crippen LogP contribution in [-0.2, 0) is 24.4 Å². The van der Waals surface area contributed by atoms with E-state index < -0.39 is 25.7 Å². The summed E-state index contributed by atoms with van der Waals surface area (Å²) in [7, 11) is -8.75. The molecule has 17 heavy (non-hydrogen) atoms. The lowest BCUT2D eigenvalue weighted by Crippen LogP contribution is -2.24. The molecule has 0 saturated carbocycles. The second kappa shape index (κ2) is 4.73. The number of benzene rings is 1. The average Bonchev–Trinajstić information content (AvgIpc) is 2.16. The van der Waals surface area contributed by atoms with E-state index in [2.05, 4.69) is 4.18 Å². The molecule has 1 aromatic carbocycles. The van der Waals surface area contributed by atoms with E-state index in [0.29, 0.717) is 0 Å². The smallest absolute Gasteiger partial charge is 0.284 e. The van der Waals surface area contributed by atoms with Crippen LogP contribution in [0.5, 0.6) is 0 Å². The molecule has 0 amide bonds. The first-order valence-electron chi connectivity index (χ1n) is 4.59. The highest BCUT2D eigenvalue weighted by Crippen LogP contribution is 2.16. The van der Waals surface area contributed by atoms with Crippen LogP contribution in [-0.4, -0.2) is 26.8 Å². The second-order valence-electron chi connectivity index (χ2n) is 3.45. The van der Waals surface area contributed by atoms with E-state index >= 15 is 0 Å². The zero-order valence-electron chi connectivity index (χ0n) is 9.19. The molecular weight excluding hydrogens is 268 g/mol. The summed E-state index contributed by atoms with van der Waals surface area (Å²) in [5.41, 5.74) is -0.986. The summed E-state index contributed by atoms with van der Waals surface area (Å²) >= 11 is 0. The van der Waals surface area contributed by atoms with Gasteiger partial charge in [-0.15, -0.1) is 0 Å². The van der Waals surface area contributed by atoms with E-state index in [1.807, 2.05) is 0 Å². The molecule has 0 aliphatic carbocycles. The van der Waals surface area contributed by atoms with Crippen molar-refractivity contribution in [2.45, 2.75) is 24.2 Å². The first-order chi connectivity index (χ1) is 7.63. The van der Waals surface area contributed by atoms with E-state index in [-0.39, 0.29) is 4.90 Å². The van der Waals surface area contributed by atoms with Gasteiger partial charge in [0, 0.05) is 0 Å². The fourth-order valence-electron chi connectivity index (χ4n) is 0.989. The molecule has 0 radical (unpaired) electrons. The summed E-state index contributed by atoms with van der Waals surface area (Å²) in [6.07, 6.45) is 0. The Bertz CT molecular complexity index is 585. The molecule has 1 N–H and O–H groups in total. The van der Waals surface area contributed by atoms with E-state index in [1.54, 1.807) is 19.1 Å². The zero-order chi connectivity index (χ0) is 13.3. The maximum absolute atomic E-state index is 11.6. The third-order valence-electron chi connectivity index (χ3n) is 1.99. The molecule has 6 nitrogen and oxygen atoms in total. The van der Waals surface area contributed by atoms with Gasteiger partial charge in [0.2, 0.25) is 5.44 Å². The van der Waals surface area contributed by atoms with Gasteiger partial charge in [-0.1, -0.05) is 17.7 Å². The maximum atomic E-state index is 11.6. The first kappa shape index (κ1) is 14.1. The molecule has 1 unspecified atom stereocenters. The monoisotopic (exact) mass is 280 g/mol. The highest BCUT2D eigenvalue weighted by molar-refractivity contribution is 7.89. The topological polar surface area (TPSA) is 97.7 Å². The van der Waals surface area contributed by atoms with Gasteiger partial charge < -0.3 is 0 Å². The molecule has 0 spiro atoms. The largest absolute Gasteiger partial charge is 0.298 e. The third kappa shape index (κ3) is 3.77. The molecule has 0 bridgehead atoms. The van der Waals surface area contributed by atoms with Gasteiger partial charge in [0.1, 0.15) is 0 Å². The van der Waals surface area contributed by atoms with Gasteiger partial charge in [-0.25, -0.2) is 4.18 Å². The molecule has 0 fully saturated rings. The molecule has 1 aromatic rings. The molecule has 0 saturated heterocycles. The molecule has 1 rings (SSSR count). The Hall–Kier alpha value is -0.960. The van der Waals surface area contributed by atoms with Crippen molar-refractivity contribution in [1.29, 1.82) is 0 Å². The van der Waals surface area contributed by atoms with Crippen molar-refractivity contribution < 1.29 is 25.6 Å². The van der Waals surface area contributed by atoms with Crippen molar-refractivity contribution in [3.05, 3.63) is 29.8 Å². The average molecular weight is 280 g/mol. The van der Waals surface area contributed by atoms with Crippen molar-refractivity contribution >= 4 is 20.2 Å². The Morgan fingerprint density at radius 1 is 1.12 bits per heavy atom. The summed E-state index contributed by atoms with van der Waals surface area (Å²) < 4.78 is 57.5. The van der Waals surface area contributed by atoms with Crippen LogP contribution in [0.1, 0.15) is 12.5 Å². The predicted octanol–water partition coefficient (Wildman–Crippen LogP) is 0.934. The highest BCUT2D eigenvalue weighted by Gasteiger charge is 2.26. The minimum absolute atomic E-state index is 0.168. The van der Waals surface area contributed by atoms with Crippen molar-refractivity contribution in [3.8, 4) is 0 Å².